The van der Waals surface area contributed by atoms with E-state index in [1.807, 2.05) is 18.2 Å². The molecule has 2 aromatic rings. The number of fused-ring (bicyclic) bond motifs is 3. The average molecular weight is 600 g/mol. The minimum atomic E-state index is -1.83. The van der Waals surface area contributed by atoms with Crippen LogP contribution in [-0.4, -0.2) is 34.0 Å². The molecule has 0 saturated heterocycles. The lowest BCUT2D eigenvalue weighted by molar-refractivity contribution is -0.124. The number of benzene rings is 2. The first-order chi connectivity index (χ1) is 20.3. The highest BCUT2D eigenvalue weighted by atomic mass is 28.4. The molecule has 4 saturated carbocycles. The summed E-state index contributed by atoms with van der Waals surface area (Å²) >= 11 is 0. The normalized spacial score (nSPS) is 27.4. The molecule has 0 radical (unpaired) electrons. The zero-order valence-electron chi connectivity index (χ0n) is 27.7. The van der Waals surface area contributed by atoms with Crippen LogP contribution in [0.2, 0.25) is 18.1 Å². The molecule has 2 aromatic carbocycles. The molecule has 0 aromatic heterocycles. The Labute approximate surface area is 262 Å². The van der Waals surface area contributed by atoms with Crippen molar-refractivity contribution in [3.05, 3.63) is 59.2 Å². The van der Waals surface area contributed by atoms with E-state index in [2.05, 4.69) is 75.9 Å². The molecule has 232 valence electrons. The van der Waals surface area contributed by atoms with Gasteiger partial charge in [-0.2, -0.15) is 0 Å². The molecule has 5 heteroatoms. The second kappa shape index (κ2) is 12.1. The molecule has 0 spiro atoms. The Hall–Kier alpha value is -2.55. The molecule has 0 atom stereocenters. The Morgan fingerprint density at radius 3 is 2.21 bits per heavy atom. The summed E-state index contributed by atoms with van der Waals surface area (Å²) < 4.78 is 12.3. The fourth-order valence-electron chi connectivity index (χ4n) is 7.78. The molecule has 0 aliphatic heterocycles. The summed E-state index contributed by atoms with van der Waals surface area (Å²) in [7, 11) is -0.0787. The third-order valence-electron chi connectivity index (χ3n) is 11.8. The Bertz CT molecular complexity index is 1330. The van der Waals surface area contributed by atoms with Gasteiger partial charge in [0.15, 0.2) is 8.32 Å². The monoisotopic (exact) mass is 599 g/mol. The maximum absolute atomic E-state index is 14.4. The highest BCUT2D eigenvalue weighted by Gasteiger charge is 2.51. The van der Waals surface area contributed by atoms with Gasteiger partial charge in [-0.15, -0.1) is 6.42 Å². The number of anilines is 1. The molecule has 4 nitrogen and oxygen atoms in total. The van der Waals surface area contributed by atoms with Gasteiger partial charge < -0.3 is 14.1 Å². The number of nitrogens with zero attached hydrogens (tertiary/aromatic N) is 1. The molecule has 4 aliphatic rings. The van der Waals surface area contributed by atoms with Crippen molar-refractivity contribution in [3.63, 3.8) is 0 Å². The van der Waals surface area contributed by atoms with E-state index < -0.39 is 8.32 Å². The summed E-state index contributed by atoms with van der Waals surface area (Å²) in [5, 5.41) is 0.196. The Morgan fingerprint density at radius 2 is 1.65 bits per heavy atom. The van der Waals surface area contributed by atoms with Crippen molar-refractivity contribution in [2.75, 3.05) is 18.6 Å². The highest BCUT2D eigenvalue weighted by Crippen LogP contribution is 2.58. The number of carbonyl (C=O) groups is 1. The first kappa shape index (κ1) is 31.9. The number of terminal acetylenes is 1. The van der Waals surface area contributed by atoms with Gasteiger partial charge in [0.2, 0.25) is 5.91 Å². The summed E-state index contributed by atoms with van der Waals surface area (Å²) in [5.74, 6) is 4.08. The number of rotatable bonds is 8. The van der Waals surface area contributed by atoms with E-state index in [1.165, 1.54) is 30.4 Å². The van der Waals surface area contributed by atoms with E-state index >= 15 is 0 Å². The van der Waals surface area contributed by atoms with Crippen molar-refractivity contribution in [1.29, 1.82) is 0 Å². The molecular formula is C38H53NO3Si. The van der Waals surface area contributed by atoms with Gasteiger partial charge in [0, 0.05) is 29.8 Å². The second-order valence-electron chi connectivity index (χ2n) is 15.4. The van der Waals surface area contributed by atoms with Crippen molar-refractivity contribution < 1.29 is 14.0 Å². The summed E-state index contributed by atoms with van der Waals surface area (Å²) in [5.41, 5.74) is 4.88. The standard InChI is InChI=1S/C38H53NO3Si/c1-9-29-11-10-12-32(26-29)39(35(40)30-13-16-33(17-14-30)42-43(7,8)36(3,4)5)27-37-19-22-38(23-20-37,24-21-37)31-15-18-34(41-6)28(2)25-31/h1,10-12,15,18,25-26,30,33H,13-14,16-17,19-24,27H2,2-8H3. The zero-order chi connectivity index (χ0) is 31.0. The average Bonchev–Trinajstić information content (AvgIpc) is 3.00. The largest absolute Gasteiger partial charge is 0.496 e. The number of aryl methyl sites for hydroxylation is 1. The van der Waals surface area contributed by atoms with Crippen molar-refractivity contribution in [2.24, 2.45) is 11.3 Å². The fraction of sp³-hybridized carbons (Fsp3) is 0.605. The van der Waals surface area contributed by atoms with Gasteiger partial charge in [0.05, 0.1) is 7.11 Å². The van der Waals surface area contributed by atoms with E-state index in [9.17, 15) is 4.79 Å². The smallest absolute Gasteiger partial charge is 0.230 e. The number of ether oxygens (including phenoxy) is 1. The lowest BCUT2D eigenvalue weighted by atomic mass is 9.51. The third-order valence-corrected chi connectivity index (χ3v) is 16.3. The van der Waals surface area contributed by atoms with Gasteiger partial charge >= 0.3 is 0 Å². The van der Waals surface area contributed by atoms with Crippen LogP contribution in [0, 0.1) is 30.6 Å². The highest BCUT2D eigenvalue weighted by molar-refractivity contribution is 6.74. The fourth-order valence-corrected chi connectivity index (χ4v) is 9.20. The minimum absolute atomic E-state index is 0.0405. The van der Waals surface area contributed by atoms with Gasteiger partial charge in [0.1, 0.15) is 5.75 Å². The Balaban J connectivity index is 1.31. The van der Waals surface area contributed by atoms with Gasteiger partial charge in [-0.25, -0.2) is 0 Å². The van der Waals surface area contributed by atoms with Gasteiger partial charge in [-0.1, -0.05) is 44.9 Å². The Morgan fingerprint density at radius 1 is 1.00 bits per heavy atom. The lowest BCUT2D eigenvalue weighted by Crippen LogP contribution is -2.52. The predicted molar refractivity (Wildman–Crippen MR) is 180 cm³/mol. The van der Waals surface area contributed by atoms with E-state index in [-0.39, 0.29) is 33.8 Å². The van der Waals surface area contributed by atoms with Gasteiger partial charge in [-0.3, -0.25) is 4.79 Å². The number of methoxy groups -OCH3 is 1. The molecule has 0 heterocycles. The maximum Gasteiger partial charge on any atom is 0.230 e. The molecule has 0 unspecified atom stereocenters. The molecule has 43 heavy (non-hydrogen) atoms. The SMILES string of the molecule is C#Cc1cccc(N(CC23CCC(c4ccc(OC)c(C)c4)(CC2)CC3)C(=O)C2CCC(O[Si](C)(C)C(C)(C)C)CC2)c1. The predicted octanol–water partition coefficient (Wildman–Crippen LogP) is 9.19. The molecule has 4 fully saturated rings. The van der Waals surface area contributed by atoms with Crippen molar-refractivity contribution >= 4 is 19.9 Å². The quantitative estimate of drug-likeness (QED) is 0.224. The summed E-state index contributed by atoms with van der Waals surface area (Å²) in [6.45, 7) is 14.5. The molecule has 4 aliphatic carbocycles. The molecule has 0 N–H and O–H groups in total. The van der Waals surface area contributed by atoms with Crippen molar-refractivity contribution in [2.45, 2.75) is 122 Å². The van der Waals surface area contributed by atoms with Crippen LogP contribution < -0.4 is 9.64 Å². The van der Waals surface area contributed by atoms with E-state index in [0.29, 0.717) is 0 Å². The van der Waals surface area contributed by atoms with Crippen LogP contribution in [-0.2, 0) is 14.6 Å². The number of hydrogen-bond acceptors (Lipinski definition) is 3. The number of carbonyl (C=O) groups excluding carboxylic acids is 1. The minimum Gasteiger partial charge on any atom is -0.496 e. The van der Waals surface area contributed by atoms with Crippen molar-refractivity contribution in [3.8, 4) is 18.1 Å². The number of amides is 1. The van der Waals surface area contributed by atoms with E-state index in [1.54, 1.807) is 7.11 Å². The van der Waals surface area contributed by atoms with Crippen molar-refractivity contribution in [1.82, 2.24) is 0 Å². The summed E-state index contributed by atoms with van der Waals surface area (Å²) in [6, 6.07) is 14.9. The zero-order valence-corrected chi connectivity index (χ0v) is 28.7. The van der Waals surface area contributed by atoms with Crippen LogP contribution in [0.1, 0.15) is 102 Å². The third kappa shape index (κ3) is 6.47. The Kier molecular flexibility index (Phi) is 8.96. The van der Waals surface area contributed by atoms with Crippen LogP contribution in [0.4, 0.5) is 5.69 Å². The summed E-state index contributed by atoms with van der Waals surface area (Å²) in [6.07, 6.45) is 16.8. The topological polar surface area (TPSA) is 38.8 Å². The first-order valence-electron chi connectivity index (χ1n) is 16.5. The van der Waals surface area contributed by atoms with Crippen LogP contribution in [0.15, 0.2) is 42.5 Å². The lowest BCUT2D eigenvalue weighted by Gasteiger charge is -2.55. The van der Waals surface area contributed by atoms with E-state index in [0.717, 1.165) is 68.5 Å². The first-order valence-corrected chi connectivity index (χ1v) is 19.4. The second-order valence-corrected chi connectivity index (χ2v) is 20.2. The van der Waals surface area contributed by atoms with Crippen LogP contribution in [0.5, 0.6) is 5.75 Å². The molecule has 1 amide bonds. The van der Waals surface area contributed by atoms with Gasteiger partial charge in [-0.05, 0) is 135 Å². The maximum atomic E-state index is 14.4. The van der Waals surface area contributed by atoms with Gasteiger partial charge in [0.25, 0.3) is 0 Å². The summed E-state index contributed by atoms with van der Waals surface area (Å²) in [4.78, 5) is 16.5. The van der Waals surface area contributed by atoms with Crippen LogP contribution in [0.25, 0.3) is 0 Å². The molecule has 2 bridgehead atoms. The van der Waals surface area contributed by atoms with E-state index in [4.69, 9.17) is 15.6 Å². The van der Waals surface area contributed by atoms with Crippen LogP contribution >= 0.6 is 0 Å². The molecule has 6 rings (SSSR count). The molecular weight excluding hydrogens is 547 g/mol. The van der Waals surface area contributed by atoms with Crippen LogP contribution in [0.3, 0.4) is 0 Å². The number of hydrogen-bond donors (Lipinski definition) is 0.